The van der Waals surface area contributed by atoms with Crippen molar-refractivity contribution in [2.45, 2.75) is 38.7 Å². The van der Waals surface area contributed by atoms with Gasteiger partial charge in [-0.15, -0.1) is 0 Å². The van der Waals surface area contributed by atoms with Gasteiger partial charge in [0.25, 0.3) is 0 Å². The van der Waals surface area contributed by atoms with E-state index in [4.69, 9.17) is 4.74 Å². The molecule has 1 nitrogen and oxygen atoms in total. The van der Waals surface area contributed by atoms with Crippen molar-refractivity contribution in [3.8, 4) is 0 Å². The molecule has 0 amide bonds. The molecule has 0 heterocycles. The normalized spacial score (nSPS) is 48.5. The third kappa shape index (κ3) is 1.10. The second kappa shape index (κ2) is 2.78. The Hall–Kier alpha value is -0.0400. The third-order valence-electron chi connectivity index (χ3n) is 3.77. The van der Waals surface area contributed by atoms with Gasteiger partial charge in [-0.25, -0.2) is 0 Å². The van der Waals surface area contributed by atoms with Crippen LogP contribution >= 0.6 is 0 Å². The van der Waals surface area contributed by atoms with Crippen molar-refractivity contribution in [2.75, 3.05) is 7.11 Å². The highest BCUT2D eigenvalue weighted by molar-refractivity contribution is 4.95. The van der Waals surface area contributed by atoms with Crippen molar-refractivity contribution in [2.24, 2.45) is 17.8 Å². The Morgan fingerprint density at radius 1 is 1.18 bits per heavy atom. The fraction of sp³-hybridized carbons (Fsp3) is 1.00. The van der Waals surface area contributed by atoms with Gasteiger partial charge < -0.3 is 4.74 Å². The summed E-state index contributed by atoms with van der Waals surface area (Å²) in [6, 6.07) is 0. The molecule has 0 aromatic carbocycles. The number of rotatable bonds is 2. The third-order valence-corrected chi connectivity index (χ3v) is 3.77. The Labute approximate surface area is 69.1 Å². The first-order valence-corrected chi connectivity index (χ1v) is 4.88. The molecule has 2 bridgehead atoms. The van der Waals surface area contributed by atoms with E-state index in [1.54, 1.807) is 0 Å². The molecule has 4 unspecified atom stereocenters. The van der Waals surface area contributed by atoms with Crippen LogP contribution in [-0.2, 0) is 4.74 Å². The number of hydrogen-bond acceptors (Lipinski definition) is 1. The quantitative estimate of drug-likeness (QED) is 0.593. The van der Waals surface area contributed by atoms with Crippen LogP contribution in [0.4, 0.5) is 0 Å². The lowest BCUT2D eigenvalue weighted by Crippen LogP contribution is -2.23. The van der Waals surface area contributed by atoms with E-state index < -0.39 is 0 Å². The van der Waals surface area contributed by atoms with Gasteiger partial charge in [0, 0.05) is 7.11 Å². The first-order chi connectivity index (χ1) is 5.35. The number of ether oxygens (including phenoxy) is 1. The van der Waals surface area contributed by atoms with Gasteiger partial charge in [0.05, 0.1) is 6.10 Å². The number of methoxy groups -OCH3 is 1. The van der Waals surface area contributed by atoms with Gasteiger partial charge in [0.1, 0.15) is 0 Å². The van der Waals surface area contributed by atoms with Crippen molar-refractivity contribution in [1.82, 2.24) is 0 Å². The Morgan fingerprint density at radius 2 is 2.00 bits per heavy atom. The predicted octanol–water partition coefficient (Wildman–Crippen LogP) is 2.46. The highest BCUT2D eigenvalue weighted by atomic mass is 16.5. The first-order valence-electron chi connectivity index (χ1n) is 4.88. The average Bonchev–Trinajstić information content (AvgIpc) is 2.60. The lowest BCUT2D eigenvalue weighted by atomic mass is 9.85. The smallest absolute Gasteiger partial charge is 0.0602 e. The van der Waals surface area contributed by atoms with E-state index in [-0.39, 0.29) is 0 Å². The molecule has 0 saturated heterocycles. The highest BCUT2D eigenvalue weighted by Crippen LogP contribution is 2.50. The molecule has 0 spiro atoms. The van der Waals surface area contributed by atoms with E-state index in [0.717, 1.165) is 17.8 Å². The fourth-order valence-corrected chi connectivity index (χ4v) is 3.13. The average molecular weight is 154 g/mol. The summed E-state index contributed by atoms with van der Waals surface area (Å²) in [5.74, 6) is 2.95. The summed E-state index contributed by atoms with van der Waals surface area (Å²) in [5.41, 5.74) is 0. The summed E-state index contributed by atoms with van der Waals surface area (Å²) < 4.78 is 5.44. The molecule has 0 aliphatic heterocycles. The Bertz CT molecular complexity index is 128. The van der Waals surface area contributed by atoms with Gasteiger partial charge in [-0.1, -0.05) is 13.3 Å². The van der Waals surface area contributed by atoms with E-state index in [2.05, 4.69) is 6.92 Å². The van der Waals surface area contributed by atoms with Gasteiger partial charge in [0.2, 0.25) is 0 Å². The first kappa shape index (κ1) is 7.60. The van der Waals surface area contributed by atoms with E-state index in [1.165, 1.54) is 25.7 Å². The van der Waals surface area contributed by atoms with Crippen LogP contribution in [0.15, 0.2) is 0 Å². The van der Waals surface area contributed by atoms with Crippen LogP contribution in [0.25, 0.3) is 0 Å². The molecule has 4 atom stereocenters. The van der Waals surface area contributed by atoms with Crippen molar-refractivity contribution in [1.29, 1.82) is 0 Å². The summed E-state index contributed by atoms with van der Waals surface area (Å²) in [5, 5.41) is 0. The van der Waals surface area contributed by atoms with Gasteiger partial charge in [-0.3, -0.25) is 0 Å². The Balaban J connectivity index is 1.97. The second-order valence-electron chi connectivity index (χ2n) is 4.17. The fourth-order valence-electron chi connectivity index (χ4n) is 3.13. The monoisotopic (exact) mass is 154 g/mol. The molecule has 0 aromatic rings. The maximum absolute atomic E-state index is 5.44. The van der Waals surface area contributed by atoms with Crippen LogP contribution in [0.2, 0.25) is 0 Å². The minimum Gasteiger partial charge on any atom is -0.381 e. The van der Waals surface area contributed by atoms with E-state index >= 15 is 0 Å². The summed E-state index contributed by atoms with van der Waals surface area (Å²) in [7, 11) is 1.87. The maximum atomic E-state index is 5.44. The van der Waals surface area contributed by atoms with Gasteiger partial charge >= 0.3 is 0 Å². The summed E-state index contributed by atoms with van der Waals surface area (Å²) in [6.45, 7) is 2.33. The summed E-state index contributed by atoms with van der Waals surface area (Å²) in [4.78, 5) is 0. The zero-order chi connectivity index (χ0) is 7.84. The number of hydrogen-bond donors (Lipinski definition) is 0. The van der Waals surface area contributed by atoms with Crippen LogP contribution in [0.3, 0.4) is 0 Å². The Morgan fingerprint density at radius 3 is 2.45 bits per heavy atom. The minimum atomic E-state index is 0.614. The van der Waals surface area contributed by atoms with Gasteiger partial charge in [-0.2, -0.15) is 0 Å². The van der Waals surface area contributed by atoms with E-state index in [0.29, 0.717) is 6.10 Å². The van der Waals surface area contributed by atoms with Crippen molar-refractivity contribution >= 4 is 0 Å². The molecule has 2 rings (SSSR count). The zero-order valence-electron chi connectivity index (χ0n) is 7.55. The van der Waals surface area contributed by atoms with Crippen molar-refractivity contribution in [3.63, 3.8) is 0 Å². The molecular formula is C10H18O. The molecule has 0 N–H and O–H groups in total. The summed E-state index contributed by atoms with van der Waals surface area (Å²) in [6.07, 6.45) is 6.25. The van der Waals surface area contributed by atoms with E-state index in [1.807, 2.05) is 7.11 Å². The lowest BCUT2D eigenvalue weighted by Gasteiger charge is -2.25. The largest absolute Gasteiger partial charge is 0.381 e. The Kier molecular flexibility index (Phi) is 1.92. The molecular weight excluding hydrogens is 136 g/mol. The van der Waals surface area contributed by atoms with Crippen LogP contribution in [0.1, 0.15) is 32.6 Å². The molecule has 1 heteroatoms. The SMILES string of the molecule is CCC1CC2CC1CC2OC. The van der Waals surface area contributed by atoms with Crippen LogP contribution in [0.5, 0.6) is 0 Å². The minimum absolute atomic E-state index is 0.614. The summed E-state index contributed by atoms with van der Waals surface area (Å²) >= 11 is 0. The predicted molar refractivity (Wildman–Crippen MR) is 45.4 cm³/mol. The molecule has 0 radical (unpaired) electrons. The van der Waals surface area contributed by atoms with E-state index in [9.17, 15) is 0 Å². The molecule has 64 valence electrons. The van der Waals surface area contributed by atoms with Crippen molar-refractivity contribution < 1.29 is 4.74 Å². The van der Waals surface area contributed by atoms with Crippen LogP contribution < -0.4 is 0 Å². The molecule has 2 fully saturated rings. The highest BCUT2D eigenvalue weighted by Gasteiger charge is 2.44. The molecule has 2 saturated carbocycles. The molecule has 2 aliphatic rings. The standard InChI is InChI=1S/C10H18O/c1-3-7-4-9-5-8(7)6-10(9)11-2/h7-10H,3-6H2,1-2H3. The topological polar surface area (TPSA) is 9.23 Å². The van der Waals surface area contributed by atoms with Gasteiger partial charge in [-0.05, 0) is 37.0 Å². The molecule has 2 aliphatic carbocycles. The van der Waals surface area contributed by atoms with Crippen LogP contribution in [0, 0.1) is 17.8 Å². The molecule has 11 heavy (non-hydrogen) atoms. The number of fused-ring (bicyclic) bond motifs is 2. The van der Waals surface area contributed by atoms with Crippen LogP contribution in [-0.4, -0.2) is 13.2 Å². The molecule has 0 aromatic heterocycles. The lowest BCUT2D eigenvalue weighted by molar-refractivity contribution is 0.0446. The maximum Gasteiger partial charge on any atom is 0.0602 e. The van der Waals surface area contributed by atoms with Crippen molar-refractivity contribution in [3.05, 3.63) is 0 Å². The van der Waals surface area contributed by atoms with Gasteiger partial charge in [0.15, 0.2) is 0 Å². The zero-order valence-corrected chi connectivity index (χ0v) is 7.55. The second-order valence-corrected chi connectivity index (χ2v) is 4.17.